The fourth-order valence-electron chi connectivity index (χ4n) is 1.81. The minimum atomic E-state index is -0.270. The van der Waals surface area contributed by atoms with Gasteiger partial charge in [0.05, 0.1) is 5.75 Å². The quantitative estimate of drug-likeness (QED) is 0.910. The van der Waals surface area contributed by atoms with E-state index in [2.05, 4.69) is 15.5 Å². The van der Waals surface area contributed by atoms with E-state index in [0.717, 1.165) is 36.1 Å². The van der Waals surface area contributed by atoms with Crippen LogP contribution in [0.5, 0.6) is 0 Å². The highest BCUT2D eigenvalue weighted by atomic mass is 32.2. The van der Waals surface area contributed by atoms with Crippen molar-refractivity contribution in [2.75, 3.05) is 18.8 Å². The van der Waals surface area contributed by atoms with Gasteiger partial charge in [-0.3, -0.25) is 0 Å². The van der Waals surface area contributed by atoms with E-state index >= 15 is 0 Å². The molecule has 6 heteroatoms. The highest BCUT2D eigenvalue weighted by Gasteiger charge is 2.17. The van der Waals surface area contributed by atoms with Crippen molar-refractivity contribution in [2.24, 2.45) is 5.92 Å². The second kappa shape index (κ2) is 5.71. The lowest BCUT2D eigenvalue weighted by atomic mass is 10.1. The van der Waals surface area contributed by atoms with Gasteiger partial charge in [0.2, 0.25) is 0 Å². The molecule has 19 heavy (non-hydrogen) atoms. The maximum absolute atomic E-state index is 12.8. The van der Waals surface area contributed by atoms with Gasteiger partial charge in [0.1, 0.15) is 5.82 Å². The molecule has 0 bridgehead atoms. The number of benzene rings is 1. The van der Waals surface area contributed by atoms with Crippen molar-refractivity contribution in [1.82, 2.24) is 15.5 Å². The topological polar surface area (TPSA) is 51.0 Å². The molecule has 0 unspecified atom stereocenters. The van der Waals surface area contributed by atoms with Gasteiger partial charge < -0.3 is 9.84 Å². The van der Waals surface area contributed by atoms with Gasteiger partial charge in [-0.1, -0.05) is 5.16 Å². The van der Waals surface area contributed by atoms with Crippen LogP contribution < -0.4 is 5.32 Å². The van der Waals surface area contributed by atoms with Crippen LogP contribution in [0.15, 0.2) is 28.8 Å². The number of hydrogen-bond donors (Lipinski definition) is 1. The molecular weight excluding hydrogens is 265 g/mol. The molecule has 1 aromatic carbocycles. The third kappa shape index (κ3) is 3.13. The van der Waals surface area contributed by atoms with Crippen LogP contribution >= 0.6 is 11.8 Å². The summed E-state index contributed by atoms with van der Waals surface area (Å²) in [7, 11) is 0. The van der Waals surface area contributed by atoms with E-state index in [0.29, 0.717) is 11.7 Å². The number of nitrogens with one attached hydrogen (secondary N) is 1. The Hall–Kier alpha value is -1.40. The molecule has 0 aliphatic carbocycles. The van der Waals surface area contributed by atoms with Crippen molar-refractivity contribution in [3.05, 3.63) is 35.9 Å². The number of rotatable bonds is 5. The predicted molar refractivity (Wildman–Crippen MR) is 72.2 cm³/mol. The monoisotopic (exact) mass is 279 g/mol. The average Bonchev–Trinajstić information content (AvgIpc) is 2.82. The Kier molecular flexibility index (Phi) is 3.79. The summed E-state index contributed by atoms with van der Waals surface area (Å²) in [6.45, 7) is 2.22. The van der Waals surface area contributed by atoms with Gasteiger partial charge in [-0.25, -0.2) is 4.39 Å². The zero-order valence-electron chi connectivity index (χ0n) is 10.3. The van der Waals surface area contributed by atoms with Crippen LogP contribution in [-0.4, -0.2) is 29.0 Å². The van der Waals surface area contributed by atoms with E-state index < -0.39 is 0 Å². The maximum Gasteiger partial charge on any atom is 0.257 e. The van der Waals surface area contributed by atoms with Gasteiger partial charge in [-0.15, -0.1) is 0 Å². The standard InChI is InChI=1S/C13H14FN3OS/c14-11-3-1-10(2-4-11)13-16-12(17-18-13)8-19-7-9-5-15-6-9/h1-4,9,15H,5-8H2. The Labute approximate surface area is 114 Å². The number of halogens is 1. The van der Waals surface area contributed by atoms with Crippen LogP contribution in [0.2, 0.25) is 0 Å². The van der Waals surface area contributed by atoms with E-state index in [4.69, 9.17) is 4.52 Å². The van der Waals surface area contributed by atoms with Crippen molar-refractivity contribution in [3.8, 4) is 11.5 Å². The van der Waals surface area contributed by atoms with E-state index in [-0.39, 0.29) is 5.82 Å². The summed E-state index contributed by atoms with van der Waals surface area (Å²) in [6.07, 6.45) is 0. The molecular formula is C13H14FN3OS. The molecule has 1 aromatic heterocycles. The summed E-state index contributed by atoms with van der Waals surface area (Å²) in [5.41, 5.74) is 0.744. The first kappa shape index (κ1) is 12.6. The zero-order chi connectivity index (χ0) is 13.1. The summed E-state index contributed by atoms with van der Waals surface area (Å²) >= 11 is 1.82. The minimum Gasteiger partial charge on any atom is -0.334 e. The first-order chi connectivity index (χ1) is 9.31. The molecule has 1 aliphatic heterocycles. The Balaban J connectivity index is 1.57. The first-order valence-corrected chi connectivity index (χ1v) is 7.34. The second-order valence-electron chi connectivity index (χ2n) is 4.56. The molecule has 0 saturated carbocycles. The van der Waals surface area contributed by atoms with Crippen molar-refractivity contribution in [3.63, 3.8) is 0 Å². The third-order valence-corrected chi connectivity index (χ3v) is 4.18. The van der Waals surface area contributed by atoms with Gasteiger partial charge >= 0.3 is 0 Å². The lowest BCUT2D eigenvalue weighted by molar-refractivity contribution is 0.385. The van der Waals surface area contributed by atoms with Crippen LogP contribution in [0.1, 0.15) is 5.82 Å². The third-order valence-electron chi connectivity index (χ3n) is 3.01. The molecule has 2 heterocycles. The van der Waals surface area contributed by atoms with E-state index in [1.54, 1.807) is 12.1 Å². The largest absolute Gasteiger partial charge is 0.334 e. The second-order valence-corrected chi connectivity index (χ2v) is 5.59. The van der Waals surface area contributed by atoms with Crippen LogP contribution in [-0.2, 0) is 5.75 Å². The number of thioether (sulfide) groups is 1. The normalized spacial score (nSPS) is 15.4. The van der Waals surface area contributed by atoms with Gasteiger partial charge in [0.25, 0.3) is 5.89 Å². The van der Waals surface area contributed by atoms with Crippen molar-refractivity contribution in [1.29, 1.82) is 0 Å². The Morgan fingerprint density at radius 1 is 1.32 bits per heavy atom. The molecule has 2 aromatic rings. The van der Waals surface area contributed by atoms with Crippen molar-refractivity contribution in [2.45, 2.75) is 5.75 Å². The number of nitrogens with zero attached hydrogens (tertiary/aromatic N) is 2. The maximum atomic E-state index is 12.8. The summed E-state index contributed by atoms with van der Waals surface area (Å²) < 4.78 is 18.0. The number of aromatic nitrogens is 2. The van der Waals surface area contributed by atoms with Crippen LogP contribution in [0.3, 0.4) is 0 Å². The molecule has 1 fully saturated rings. The molecule has 4 nitrogen and oxygen atoms in total. The Bertz CT molecular complexity index is 539. The minimum absolute atomic E-state index is 0.270. The van der Waals surface area contributed by atoms with Gasteiger partial charge in [-0.05, 0) is 49.0 Å². The molecule has 0 atom stereocenters. The molecule has 0 radical (unpaired) electrons. The summed E-state index contributed by atoms with van der Waals surface area (Å²) in [4.78, 5) is 4.31. The van der Waals surface area contributed by atoms with Gasteiger partial charge in [0, 0.05) is 5.56 Å². The van der Waals surface area contributed by atoms with Crippen molar-refractivity contribution >= 4 is 11.8 Å². The summed E-state index contributed by atoms with van der Waals surface area (Å²) in [6, 6.07) is 6.05. The molecule has 0 spiro atoms. The lowest BCUT2D eigenvalue weighted by Crippen LogP contribution is -2.43. The van der Waals surface area contributed by atoms with Crippen molar-refractivity contribution < 1.29 is 8.91 Å². The fraction of sp³-hybridized carbons (Fsp3) is 0.385. The number of hydrogen-bond acceptors (Lipinski definition) is 5. The van der Waals surface area contributed by atoms with Crippen LogP contribution in [0, 0.1) is 11.7 Å². The molecule has 1 saturated heterocycles. The highest BCUT2D eigenvalue weighted by molar-refractivity contribution is 7.98. The molecule has 0 amide bonds. The average molecular weight is 279 g/mol. The van der Waals surface area contributed by atoms with Gasteiger partial charge in [0.15, 0.2) is 5.82 Å². The van der Waals surface area contributed by atoms with Gasteiger partial charge in [-0.2, -0.15) is 16.7 Å². The molecule has 3 rings (SSSR count). The Morgan fingerprint density at radius 3 is 2.79 bits per heavy atom. The SMILES string of the molecule is Fc1ccc(-c2nc(CSCC3CNC3)no2)cc1. The van der Waals surface area contributed by atoms with E-state index in [9.17, 15) is 4.39 Å². The fourth-order valence-corrected chi connectivity index (χ4v) is 2.79. The first-order valence-electron chi connectivity index (χ1n) is 6.18. The molecule has 1 N–H and O–H groups in total. The predicted octanol–water partition coefficient (Wildman–Crippen LogP) is 2.33. The van der Waals surface area contributed by atoms with E-state index in [1.165, 1.54) is 12.1 Å². The summed E-state index contributed by atoms with van der Waals surface area (Å²) in [5.74, 6) is 3.51. The highest BCUT2D eigenvalue weighted by Crippen LogP contribution is 2.20. The Morgan fingerprint density at radius 2 is 2.11 bits per heavy atom. The zero-order valence-corrected chi connectivity index (χ0v) is 11.1. The van der Waals surface area contributed by atoms with Crippen LogP contribution in [0.25, 0.3) is 11.5 Å². The molecule has 1 aliphatic rings. The smallest absolute Gasteiger partial charge is 0.257 e. The lowest BCUT2D eigenvalue weighted by Gasteiger charge is -2.26. The molecule has 100 valence electrons. The van der Waals surface area contributed by atoms with E-state index in [1.807, 2.05) is 11.8 Å². The summed E-state index contributed by atoms with van der Waals surface area (Å²) in [5, 5.41) is 7.19. The van der Waals surface area contributed by atoms with Crippen LogP contribution in [0.4, 0.5) is 4.39 Å².